The highest BCUT2D eigenvalue weighted by Gasteiger charge is 2.17. The average Bonchev–Trinajstić information content (AvgIpc) is 3.33. The van der Waals surface area contributed by atoms with Crippen molar-refractivity contribution in [3.8, 4) is 45.3 Å². The lowest BCUT2D eigenvalue weighted by atomic mass is 10.0. The van der Waals surface area contributed by atoms with Gasteiger partial charge in [0.05, 0.1) is 37.6 Å². The van der Waals surface area contributed by atoms with E-state index >= 15 is 0 Å². The Balaban J connectivity index is 1.03. The third-order valence-corrected chi connectivity index (χ3v) is 10.6. The Labute approximate surface area is 383 Å². The van der Waals surface area contributed by atoms with Crippen LogP contribution in [0.4, 0.5) is 0 Å². The summed E-state index contributed by atoms with van der Waals surface area (Å²) in [5, 5.41) is 0. The van der Waals surface area contributed by atoms with Crippen molar-refractivity contribution in [1.82, 2.24) is 0 Å². The van der Waals surface area contributed by atoms with E-state index in [-0.39, 0.29) is 23.4 Å². The van der Waals surface area contributed by atoms with E-state index in [1.54, 1.807) is 42.5 Å². The molecule has 0 aliphatic carbocycles. The van der Waals surface area contributed by atoms with E-state index in [1.807, 2.05) is 79.7 Å². The molecule has 0 aliphatic rings. The first-order valence-corrected chi connectivity index (χ1v) is 22.5. The second kappa shape index (κ2) is 27.3. The number of carbonyl (C=O) groups is 4. The maximum absolute atomic E-state index is 13.3. The zero-order valence-corrected chi connectivity index (χ0v) is 37.4. The molecule has 10 heteroatoms. The van der Waals surface area contributed by atoms with Crippen LogP contribution >= 0.6 is 0 Å². The smallest absolute Gasteiger partial charge is 0.343 e. The first-order chi connectivity index (χ1) is 31.7. The molecule has 0 saturated heterocycles. The summed E-state index contributed by atoms with van der Waals surface area (Å²) in [4.78, 5) is 48.7. The lowest BCUT2D eigenvalue weighted by Gasteiger charge is -2.12. The molecule has 0 bridgehead atoms. The van der Waals surface area contributed by atoms with Gasteiger partial charge >= 0.3 is 23.9 Å². The SMILES string of the molecule is C=CC(=O)OCCCCCCCCOc1ccc(-c2ccc(C(=O)Oc3ccc(C)cc3OC(=O)c3ccc(-c4ccc(OCCCCCCCCOC(=O)C=C)cc4)cc3)cc2)cc1. The average molecular weight is 881 g/mol. The van der Waals surface area contributed by atoms with Crippen molar-refractivity contribution in [1.29, 1.82) is 0 Å². The molecule has 0 N–H and O–H groups in total. The molecule has 65 heavy (non-hydrogen) atoms. The fourth-order valence-corrected chi connectivity index (χ4v) is 6.85. The highest BCUT2D eigenvalue weighted by molar-refractivity contribution is 5.94. The standard InChI is InChI=1S/C55H60O10/c1-4-52(56)62-38-16-12-8-6-10-14-36-60-48-31-27-44(28-32-48)42-19-23-46(24-20-42)54(58)64-50-35-18-41(3)40-51(50)65-55(59)47-25-21-43(22-26-47)45-29-33-49(34-30-45)61-37-15-11-7-9-13-17-39-63-53(57)5-2/h4-5,18-35,40H,1-2,6-17,36-39H2,3H3. The van der Waals surface area contributed by atoms with E-state index in [1.165, 1.54) is 12.2 Å². The van der Waals surface area contributed by atoms with Crippen LogP contribution in [0.1, 0.15) is 103 Å². The van der Waals surface area contributed by atoms with Crippen LogP contribution in [0.15, 0.2) is 141 Å². The molecule has 0 radical (unpaired) electrons. The third kappa shape index (κ3) is 17.3. The Morgan fingerprint density at radius 3 is 1.14 bits per heavy atom. The lowest BCUT2D eigenvalue weighted by Crippen LogP contribution is -2.12. The molecule has 5 aromatic carbocycles. The highest BCUT2D eigenvalue weighted by atomic mass is 16.6. The zero-order valence-electron chi connectivity index (χ0n) is 37.4. The van der Waals surface area contributed by atoms with E-state index in [0.717, 1.165) is 116 Å². The van der Waals surface area contributed by atoms with Crippen molar-refractivity contribution in [3.63, 3.8) is 0 Å². The van der Waals surface area contributed by atoms with Gasteiger partial charge in [-0.2, -0.15) is 0 Å². The summed E-state index contributed by atoms with van der Waals surface area (Å²) in [6, 6.07) is 35.1. The molecule has 0 spiro atoms. The normalized spacial score (nSPS) is 10.7. The van der Waals surface area contributed by atoms with Crippen LogP contribution in [0.5, 0.6) is 23.0 Å². The van der Waals surface area contributed by atoms with Crippen LogP contribution in [0.25, 0.3) is 22.3 Å². The van der Waals surface area contributed by atoms with Crippen molar-refractivity contribution in [2.45, 2.75) is 84.0 Å². The number of benzene rings is 5. The summed E-state index contributed by atoms with van der Waals surface area (Å²) < 4.78 is 33.4. The minimum Gasteiger partial charge on any atom is -0.494 e. The summed E-state index contributed by atoms with van der Waals surface area (Å²) in [5.41, 5.74) is 5.37. The van der Waals surface area contributed by atoms with Crippen molar-refractivity contribution in [2.24, 2.45) is 0 Å². The van der Waals surface area contributed by atoms with Crippen molar-refractivity contribution < 1.29 is 47.6 Å². The van der Waals surface area contributed by atoms with E-state index < -0.39 is 11.9 Å². The van der Waals surface area contributed by atoms with Crippen LogP contribution < -0.4 is 18.9 Å². The fourth-order valence-electron chi connectivity index (χ4n) is 6.85. The van der Waals surface area contributed by atoms with Gasteiger partial charge in [0.25, 0.3) is 0 Å². The van der Waals surface area contributed by atoms with Gasteiger partial charge in [-0.15, -0.1) is 0 Å². The molecular weight excluding hydrogens is 821 g/mol. The Morgan fingerprint density at radius 1 is 0.415 bits per heavy atom. The molecule has 0 amide bonds. The number of rotatable bonds is 28. The minimum absolute atomic E-state index is 0.136. The van der Waals surface area contributed by atoms with Gasteiger partial charge in [0.15, 0.2) is 11.5 Å². The van der Waals surface area contributed by atoms with Gasteiger partial charge in [0.1, 0.15) is 11.5 Å². The van der Waals surface area contributed by atoms with Crippen molar-refractivity contribution in [3.05, 3.63) is 157 Å². The Hall–Kier alpha value is -6.94. The van der Waals surface area contributed by atoms with Crippen molar-refractivity contribution >= 4 is 23.9 Å². The van der Waals surface area contributed by atoms with Gasteiger partial charge in [0, 0.05) is 12.2 Å². The van der Waals surface area contributed by atoms with Crippen molar-refractivity contribution in [2.75, 3.05) is 26.4 Å². The van der Waals surface area contributed by atoms with Crippen LogP contribution in [0.3, 0.4) is 0 Å². The highest BCUT2D eigenvalue weighted by Crippen LogP contribution is 2.31. The van der Waals surface area contributed by atoms with E-state index in [9.17, 15) is 19.2 Å². The van der Waals surface area contributed by atoms with Crippen LogP contribution in [0, 0.1) is 6.92 Å². The van der Waals surface area contributed by atoms with Gasteiger partial charge in [0.2, 0.25) is 0 Å². The second-order valence-corrected chi connectivity index (χ2v) is 15.6. The molecule has 0 heterocycles. The molecule has 0 fully saturated rings. The van der Waals surface area contributed by atoms with Crippen LogP contribution in [-0.2, 0) is 19.1 Å². The number of hydrogen-bond donors (Lipinski definition) is 0. The number of aryl methyl sites for hydroxylation is 1. The predicted molar refractivity (Wildman–Crippen MR) is 254 cm³/mol. The largest absolute Gasteiger partial charge is 0.494 e. The predicted octanol–water partition coefficient (Wildman–Crippen LogP) is 12.7. The number of hydrogen-bond acceptors (Lipinski definition) is 10. The second-order valence-electron chi connectivity index (χ2n) is 15.6. The number of carbonyl (C=O) groups excluding carboxylic acids is 4. The van der Waals surface area contributed by atoms with Crippen LogP contribution in [-0.4, -0.2) is 50.3 Å². The topological polar surface area (TPSA) is 124 Å². The molecule has 0 saturated carbocycles. The molecule has 0 aliphatic heterocycles. The molecule has 0 aromatic heterocycles. The van der Waals surface area contributed by atoms with Gasteiger partial charge in [-0.05, 0) is 121 Å². The summed E-state index contributed by atoms with van der Waals surface area (Å²) >= 11 is 0. The monoisotopic (exact) mass is 880 g/mol. The zero-order chi connectivity index (χ0) is 46.1. The van der Waals surface area contributed by atoms with Gasteiger partial charge in [-0.1, -0.05) is 119 Å². The number of ether oxygens (including phenoxy) is 6. The Bertz CT molecular complexity index is 2280. The van der Waals surface area contributed by atoms with E-state index in [0.29, 0.717) is 37.6 Å². The molecule has 5 aromatic rings. The summed E-state index contributed by atoms with van der Waals surface area (Å²) in [6.07, 6.45) is 14.6. The Morgan fingerprint density at radius 2 is 0.754 bits per heavy atom. The summed E-state index contributed by atoms with van der Waals surface area (Å²) in [6.45, 7) is 10.8. The molecule has 0 atom stereocenters. The number of esters is 4. The maximum atomic E-state index is 13.3. The van der Waals surface area contributed by atoms with Gasteiger partial charge in [-0.3, -0.25) is 0 Å². The Kier molecular flexibility index (Phi) is 20.6. The molecule has 5 rings (SSSR count). The van der Waals surface area contributed by atoms with Gasteiger partial charge in [-0.25, -0.2) is 19.2 Å². The molecule has 340 valence electrons. The summed E-state index contributed by atoms with van der Waals surface area (Å²) in [5.74, 6) is -0.0199. The minimum atomic E-state index is -0.579. The quantitative estimate of drug-likeness (QED) is 0.0208. The van der Waals surface area contributed by atoms with E-state index in [2.05, 4.69) is 13.2 Å². The maximum Gasteiger partial charge on any atom is 0.343 e. The van der Waals surface area contributed by atoms with Crippen LogP contribution in [0.2, 0.25) is 0 Å². The lowest BCUT2D eigenvalue weighted by molar-refractivity contribution is -0.138. The van der Waals surface area contributed by atoms with Gasteiger partial charge < -0.3 is 28.4 Å². The number of unbranched alkanes of at least 4 members (excludes halogenated alkanes) is 10. The first-order valence-electron chi connectivity index (χ1n) is 22.5. The third-order valence-electron chi connectivity index (χ3n) is 10.6. The van der Waals surface area contributed by atoms with E-state index in [4.69, 9.17) is 28.4 Å². The first kappa shape index (κ1) is 49.1. The molecule has 0 unspecified atom stereocenters. The fraction of sp³-hybridized carbons (Fsp3) is 0.309. The summed E-state index contributed by atoms with van der Waals surface area (Å²) in [7, 11) is 0. The molecular formula is C55H60O10. The molecule has 10 nitrogen and oxygen atoms in total.